The Morgan fingerprint density at radius 1 is 1.33 bits per heavy atom. The van der Waals surface area contributed by atoms with E-state index in [9.17, 15) is 0 Å². The van der Waals surface area contributed by atoms with Crippen molar-refractivity contribution in [3.8, 4) is 5.75 Å². The van der Waals surface area contributed by atoms with Crippen LogP contribution in [0.15, 0.2) is 22.7 Å². The Morgan fingerprint density at radius 2 is 2.11 bits per heavy atom. The molecule has 1 unspecified atom stereocenters. The fourth-order valence-corrected chi connectivity index (χ4v) is 3.91. The van der Waals surface area contributed by atoms with Gasteiger partial charge in [-0.2, -0.15) is 0 Å². The van der Waals surface area contributed by atoms with Gasteiger partial charge in [-0.25, -0.2) is 0 Å². The second kappa shape index (κ2) is 3.97. The van der Waals surface area contributed by atoms with Crippen molar-refractivity contribution in [3.63, 3.8) is 0 Å². The second-order valence-electron chi connectivity index (χ2n) is 6.62. The highest BCUT2D eigenvalue weighted by atomic mass is 79.9. The number of rotatable bonds is 0. The van der Waals surface area contributed by atoms with Crippen molar-refractivity contribution in [2.45, 2.75) is 51.2 Å². The van der Waals surface area contributed by atoms with Crippen LogP contribution in [0, 0.1) is 5.41 Å². The van der Waals surface area contributed by atoms with Gasteiger partial charge in [0.1, 0.15) is 11.4 Å². The molecule has 2 atom stereocenters. The van der Waals surface area contributed by atoms with Crippen LogP contribution in [0.3, 0.4) is 0 Å². The first-order chi connectivity index (χ1) is 8.39. The Bertz CT molecular complexity index is 485. The van der Waals surface area contributed by atoms with Gasteiger partial charge in [0.05, 0.1) is 0 Å². The van der Waals surface area contributed by atoms with Gasteiger partial charge in [0.25, 0.3) is 0 Å². The predicted octanol–water partition coefficient (Wildman–Crippen LogP) is 4.18. The molecule has 98 valence electrons. The molecule has 1 aromatic rings. The summed E-state index contributed by atoms with van der Waals surface area (Å²) in [5.41, 5.74) is 7.84. The minimum absolute atomic E-state index is 0.0310. The number of hydrogen-bond donors (Lipinski definition) is 1. The van der Waals surface area contributed by atoms with E-state index in [1.807, 2.05) is 6.07 Å². The SMILES string of the molecule is CC1(C)CCC2(C[C@H](N)c3ccc(Br)cc3O2)C1. The minimum atomic E-state index is -0.0310. The predicted molar refractivity (Wildman–Crippen MR) is 76.7 cm³/mol. The lowest BCUT2D eigenvalue weighted by Crippen LogP contribution is -2.41. The molecule has 1 spiro atoms. The third-order valence-electron chi connectivity index (χ3n) is 4.35. The van der Waals surface area contributed by atoms with Gasteiger partial charge in [0, 0.05) is 22.5 Å². The van der Waals surface area contributed by atoms with Crippen LogP contribution in [0.4, 0.5) is 0 Å². The zero-order valence-corrected chi connectivity index (χ0v) is 12.6. The van der Waals surface area contributed by atoms with Gasteiger partial charge in [-0.15, -0.1) is 0 Å². The molecule has 1 aromatic carbocycles. The smallest absolute Gasteiger partial charge is 0.126 e. The van der Waals surface area contributed by atoms with E-state index in [-0.39, 0.29) is 11.6 Å². The average Bonchev–Trinajstić information content (AvgIpc) is 2.53. The van der Waals surface area contributed by atoms with E-state index < -0.39 is 0 Å². The molecule has 1 heterocycles. The van der Waals surface area contributed by atoms with Crippen LogP contribution in [0.2, 0.25) is 0 Å². The van der Waals surface area contributed by atoms with E-state index >= 15 is 0 Å². The van der Waals surface area contributed by atoms with E-state index in [0.717, 1.165) is 35.0 Å². The van der Waals surface area contributed by atoms with E-state index in [1.54, 1.807) is 0 Å². The summed E-state index contributed by atoms with van der Waals surface area (Å²) in [5.74, 6) is 0.973. The van der Waals surface area contributed by atoms with Crippen LogP contribution in [-0.4, -0.2) is 5.60 Å². The van der Waals surface area contributed by atoms with Gasteiger partial charge in [-0.3, -0.25) is 0 Å². The molecule has 0 amide bonds. The first-order valence-corrected chi connectivity index (χ1v) is 7.43. The van der Waals surface area contributed by atoms with Crippen molar-refractivity contribution >= 4 is 15.9 Å². The van der Waals surface area contributed by atoms with Crippen LogP contribution in [0.1, 0.15) is 51.1 Å². The van der Waals surface area contributed by atoms with Crippen molar-refractivity contribution in [3.05, 3.63) is 28.2 Å². The van der Waals surface area contributed by atoms with Crippen LogP contribution < -0.4 is 10.5 Å². The standard InChI is InChI=1S/C15H20BrNO/c1-14(2)5-6-15(9-14)8-12(17)11-4-3-10(16)7-13(11)18-15/h3-4,7,12H,5-6,8-9,17H2,1-2H3/t12-,15?/m0/s1. The van der Waals surface area contributed by atoms with E-state index in [0.29, 0.717) is 5.41 Å². The van der Waals surface area contributed by atoms with Gasteiger partial charge in [-0.1, -0.05) is 35.8 Å². The van der Waals surface area contributed by atoms with E-state index in [1.165, 1.54) is 6.42 Å². The maximum Gasteiger partial charge on any atom is 0.126 e. The maximum atomic E-state index is 6.36. The molecule has 18 heavy (non-hydrogen) atoms. The van der Waals surface area contributed by atoms with E-state index in [4.69, 9.17) is 10.5 Å². The Balaban J connectivity index is 1.96. The van der Waals surface area contributed by atoms with Crippen LogP contribution in [-0.2, 0) is 0 Å². The summed E-state index contributed by atoms with van der Waals surface area (Å²) in [4.78, 5) is 0. The molecule has 1 aliphatic heterocycles. The van der Waals surface area contributed by atoms with Crippen LogP contribution in [0.25, 0.3) is 0 Å². The lowest BCUT2D eigenvalue weighted by molar-refractivity contribution is 0.0331. The highest BCUT2D eigenvalue weighted by Crippen LogP contribution is 2.52. The molecule has 2 nitrogen and oxygen atoms in total. The molecule has 0 bridgehead atoms. The van der Waals surface area contributed by atoms with Crippen LogP contribution >= 0.6 is 15.9 Å². The van der Waals surface area contributed by atoms with Gasteiger partial charge in [0.2, 0.25) is 0 Å². The highest BCUT2D eigenvalue weighted by Gasteiger charge is 2.48. The zero-order chi connectivity index (χ0) is 13.0. The summed E-state index contributed by atoms with van der Waals surface area (Å²) in [6.07, 6.45) is 4.41. The van der Waals surface area contributed by atoms with Gasteiger partial charge in [-0.05, 0) is 36.8 Å². The number of hydrogen-bond acceptors (Lipinski definition) is 2. The molecule has 0 saturated heterocycles. The molecule has 1 fully saturated rings. The van der Waals surface area contributed by atoms with Gasteiger partial charge < -0.3 is 10.5 Å². The molecule has 1 aliphatic carbocycles. The topological polar surface area (TPSA) is 35.2 Å². The zero-order valence-electron chi connectivity index (χ0n) is 11.0. The molecule has 1 saturated carbocycles. The highest BCUT2D eigenvalue weighted by molar-refractivity contribution is 9.10. The Labute approximate surface area is 117 Å². The summed E-state index contributed by atoms with van der Waals surface area (Å²) >= 11 is 3.51. The molecule has 0 aromatic heterocycles. The fraction of sp³-hybridized carbons (Fsp3) is 0.600. The molecule has 3 rings (SSSR count). The van der Waals surface area contributed by atoms with Crippen molar-refractivity contribution in [2.24, 2.45) is 11.1 Å². The number of fused-ring (bicyclic) bond motifs is 1. The minimum Gasteiger partial charge on any atom is -0.487 e. The number of nitrogens with two attached hydrogens (primary N) is 1. The largest absolute Gasteiger partial charge is 0.487 e. The van der Waals surface area contributed by atoms with Crippen molar-refractivity contribution in [1.82, 2.24) is 0 Å². The Morgan fingerprint density at radius 3 is 2.78 bits per heavy atom. The number of halogens is 1. The molecule has 2 N–H and O–H groups in total. The van der Waals surface area contributed by atoms with Gasteiger partial charge in [0.15, 0.2) is 0 Å². The molecular weight excluding hydrogens is 290 g/mol. The number of ether oxygens (including phenoxy) is 1. The average molecular weight is 310 g/mol. The summed E-state index contributed by atoms with van der Waals surface area (Å²) in [5, 5.41) is 0. The Kier molecular flexibility index (Phi) is 2.76. The number of benzene rings is 1. The quantitative estimate of drug-likeness (QED) is 0.780. The first kappa shape index (κ1) is 12.5. The van der Waals surface area contributed by atoms with E-state index in [2.05, 4.69) is 41.9 Å². The van der Waals surface area contributed by atoms with Crippen molar-refractivity contribution in [1.29, 1.82) is 0 Å². The Hall–Kier alpha value is -0.540. The molecule has 2 aliphatic rings. The third-order valence-corrected chi connectivity index (χ3v) is 4.84. The third kappa shape index (κ3) is 2.08. The summed E-state index contributed by atoms with van der Waals surface area (Å²) < 4.78 is 7.42. The molecule has 3 heteroatoms. The molecular formula is C15H20BrNO. The van der Waals surface area contributed by atoms with Crippen LogP contribution in [0.5, 0.6) is 5.75 Å². The monoisotopic (exact) mass is 309 g/mol. The summed E-state index contributed by atoms with van der Waals surface area (Å²) in [7, 11) is 0. The summed E-state index contributed by atoms with van der Waals surface area (Å²) in [6, 6.07) is 6.28. The second-order valence-corrected chi connectivity index (χ2v) is 7.53. The van der Waals surface area contributed by atoms with Crippen molar-refractivity contribution < 1.29 is 4.74 Å². The summed E-state index contributed by atoms with van der Waals surface area (Å²) in [6.45, 7) is 4.65. The lowest BCUT2D eigenvalue weighted by atomic mass is 9.83. The normalized spacial score (nSPS) is 33.2. The van der Waals surface area contributed by atoms with Crippen molar-refractivity contribution in [2.75, 3.05) is 0 Å². The lowest BCUT2D eigenvalue weighted by Gasteiger charge is -2.39. The fourth-order valence-electron chi connectivity index (χ4n) is 3.57. The molecule has 0 radical (unpaired) electrons. The van der Waals surface area contributed by atoms with Gasteiger partial charge >= 0.3 is 0 Å². The maximum absolute atomic E-state index is 6.36. The first-order valence-electron chi connectivity index (χ1n) is 6.63.